The standard InChI is InChI=1S/C30H20O/c1-2-11-22(12-3-1)29-27-16-8-9-17-28(27)30(31-29)26-15-7-6-14-25(26)24-19-18-21-10-4-5-13-23(21)20-24/h1-20H. The number of furan rings is 1. The van der Waals surface area contributed by atoms with Crippen LogP contribution in [0, 0.1) is 0 Å². The molecule has 0 fully saturated rings. The number of hydrogen-bond donors (Lipinski definition) is 0. The largest absolute Gasteiger partial charge is 0.455 e. The van der Waals surface area contributed by atoms with Crippen LogP contribution in [0.3, 0.4) is 0 Å². The van der Waals surface area contributed by atoms with Gasteiger partial charge in [0.05, 0.1) is 0 Å². The Hall–Kier alpha value is -4.10. The van der Waals surface area contributed by atoms with Gasteiger partial charge < -0.3 is 4.42 Å². The average molecular weight is 396 g/mol. The van der Waals surface area contributed by atoms with Crippen LogP contribution in [0.2, 0.25) is 0 Å². The summed E-state index contributed by atoms with van der Waals surface area (Å²) in [7, 11) is 0. The second-order valence-corrected chi connectivity index (χ2v) is 7.78. The van der Waals surface area contributed by atoms with E-state index in [0.717, 1.165) is 33.4 Å². The number of hydrogen-bond acceptors (Lipinski definition) is 1. The molecule has 0 atom stereocenters. The van der Waals surface area contributed by atoms with E-state index < -0.39 is 0 Å². The van der Waals surface area contributed by atoms with E-state index in [1.54, 1.807) is 0 Å². The predicted octanol–water partition coefficient (Wildman–Crippen LogP) is 8.59. The third-order valence-corrected chi connectivity index (χ3v) is 5.89. The highest BCUT2D eigenvalue weighted by atomic mass is 16.3. The molecule has 5 aromatic carbocycles. The van der Waals surface area contributed by atoms with E-state index in [0.29, 0.717) is 0 Å². The zero-order valence-corrected chi connectivity index (χ0v) is 17.0. The van der Waals surface area contributed by atoms with Crippen molar-refractivity contribution in [2.24, 2.45) is 0 Å². The summed E-state index contributed by atoms with van der Waals surface area (Å²) in [4.78, 5) is 0. The van der Waals surface area contributed by atoms with Crippen LogP contribution in [0.4, 0.5) is 0 Å². The highest BCUT2D eigenvalue weighted by molar-refractivity contribution is 6.05. The van der Waals surface area contributed by atoms with E-state index in [9.17, 15) is 0 Å². The van der Waals surface area contributed by atoms with Gasteiger partial charge in [0, 0.05) is 21.9 Å². The molecule has 31 heavy (non-hydrogen) atoms. The Balaban J connectivity index is 1.60. The monoisotopic (exact) mass is 396 g/mol. The molecule has 0 aliphatic carbocycles. The zero-order chi connectivity index (χ0) is 20.6. The normalized spacial score (nSPS) is 11.2. The van der Waals surface area contributed by atoms with Crippen LogP contribution in [0.15, 0.2) is 126 Å². The van der Waals surface area contributed by atoms with Crippen LogP contribution in [-0.2, 0) is 0 Å². The summed E-state index contributed by atoms with van der Waals surface area (Å²) in [5.74, 6) is 1.83. The lowest BCUT2D eigenvalue weighted by Crippen LogP contribution is -1.84. The first-order valence-electron chi connectivity index (χ1n) is 10.5. The molecule has 1 nitrogen and oxygen atoms in total. The fourth-order valence-corrected chi connectivity index (χ4v) is 4.38. The summed E-state index contributed by atoms with van der Waals surface area (Å²) >= 11 is 0. The van der Waals surface area contributed by atoms with Gasteiger partial charge in [0.1, 0.15) is 11.5 Å². The van der Waals surface area contributed by atoms with Gasteiger partial charge in [-0.3, -0.25) is 0 Å². The molecule has 6 aromatic rings. The maximum atomic E-state index is 6.59. The van der Waals surface area contributed by atoms with Crippen LogP contribution in [0.5, 0.6) is 0 Å². The summed E-state index contributed by atoms with van der Waals surface area (Å²) in [6, 6.07) is 42.4. The van der Waals surface area contributed by atoms with Crippen LogP contribution in [0.25, 0.3) is 55.3 Å². The van der Waals surface area contributed by atoms with E-state index in [1.165, 1.54) is 21.9 Å². The third kappa shape index (κ3) is 3.03. The first-order valence-corrected chi connectivity index (χ1v) is 10.5. The van der Waals surface area contributed by atoms with Crippen LogP contribution in [-0.4, -0.2) is 0 Å². The molecule has 0 amide bonds. The van der Waals surface area contributed by atoms with E-state index >= 15 is 0 Å². The lowest BCUT2D eigenvalue weighted by atomic mass is 9.95. The molecule has 0 bridgehead atoms. The Labute approximate surface area is 181 Å². The van der Waals surface area contributed by atoms with Crippen molar-refractivity contribution in [3.05, 3.63) is 121 Å². The molecular formula is C30H20O. The van der Waals surface area contributed by atoms with Gasteiger partial charge >= 0.3 is 0 Å². The van der Waals surface area contributed by atoms with Crippen molar-refractivity contribution in [1.29, 1.82) is 0 Å². The fraction of sp³-hybridized carbons (Fsp3) is 0. The Morgan fingerprint density at radius 1 is 0.387 bits per heavy atom. The first-order chi connectivity index (χ1) is 15.4. The maximum absolute atomic E-state index is 6.59. The van der Waals surface area contributed by atoms with Crippen molar-refractivity contribution in [3.8, 4) is 33.8 Å². The van der Waals surface area contributed by atoms with E-state index in [2.05, 4.69) is 115 Å². The summed E-state index contributed by atoms with van der Waals surface area (Å²) in [6.07, 6.45) is 0. The molecule has 0 aliphatic heterocycles. The number of benzene rings is 5. The molecule has 1 heteroatoms. The van der Waals surface area contributed by atoms with Crippen molar-refractivity contribution in [3.63, 3.8) is 0 Å². The smallest absolute Gasteiger partial charge is 0.143 e. The minimum absolute atomic E-state index is 0.915. The highest BCUT2D eigenvalue weighted by Gasteiger charge is 2.18. The molecule has 0 unspecified atom stereocenters. The second-order valence-electron chi connectivity index (χ2n) is 7.78. The van der Waals surface area contributed by atoms with Crippen LogP contribution >= 0.6 is 0 Å². The predicted molar refractivity (Wildman–Crippen MR) is 130 cm³/mol. The van der Waals surface area contributed by atoms with Gasteiger partial charge in [-0.25, -0.2) is 0 Å². The Morgan fingerprint density at radius 2 is 1.00 bits per heavy atom. The van der Waals surface area contributed by atoms with Crippen molar-refractivity contribution in [2.45, 2.75) is 0 Å². The molecule has 0 aliphatic rings. The number of rotatable bonds is 3. The lowest BCUT2D eigenvalue weighted by molar-refractivity contribution is 0.602. The SMILES string of the molecule is c1ccc(-c2oc(-c3ccccc3-c3ccc4ccccc4c3)c3ccccc23)cc1. The van der Waals surface area contributed by atoms with Crippen molar-refractivity contribution >= 4 is 21.5 Å². The van der Waals surface area contributed by atoms with Crippen LogP contribution in [0.1, 0.15) is 0 Å². The molecule has 0 radical (unpaired) electrons. The van der Waals surface area contributed by atoms with Gasteiger partial charge in [0.2, 0.25) is 0 Å². The second kappa shape index (κ2) is 7.30. The molecular weight excluding hydrogens is 376 g/mol. The molecule has 0 saturated carbocycles. The Morgan fingerprint density at radius 3 is 1.81 bits per heavy atom. The summed E-state index contributed by atoms with van der Waals surface area (Å²) < 4.78 is 6.59. The zero-order valence-electron chi connectivity index (χ0n) is 17.0. The number of fused-ring (bicyclic) bond motifs is 2. The third-order valence-electron chi connectivity index (χ3n) is 5.89. The summed E-state index contributed by atoms with van der Waals surface area (Å²) in [5, 5.41) is 4.76. The van der Waals surface area contributed by atoms with E-state index in [4.69, 9.17) is 4.42 Å². The molecule has 1 aromatic heterocycles. The average Bonchev–Trinajstić information content (AvgIpc) is 3.24. The fourth-order valence-electron chi connectivity index (χ4n) is 4.38. The van der Waals surface area contributed by atoms with Gasteiger partial charge in [-0.2, -0.15) is 0 Å². The van der Waals surface area contributed by atoms with E-state index in [-0.39, 0.29) is 0 Å². The van der Waals surface area contributed by atoms with Gasteiger partial charge in [-0.05, 0) is 28.0 Å². The minimum atomic E-state index is 0.915. The maximum Gasteiger partial charge on any atom is 0.143 e. The first kappa shape index (κ1) is 17.7. The van der Waals surface area contributed by atoms with Crippen LogP contribution < -0.4 is 0 Å². The summed E-state index contributed by atoms with van der Waals surface area (Å²) in [6.45, 7) is 0. The van der Waals surface area contributed by atoms with E-state index in [1.807, 2.05) is 6.07 Å². The molecule has 0 N–H and O–H groups in total. The van der Waals surface area contributed by atoms with Gasteiger partial charge in [0.15, 0.2) is 0 Å². The molecule has 0 saturated heterocycles. The Bertz CT molecular complexity index is 1520. The van der Waals surface area contributed by atoms with Gasteiger partial charge in [-0.1, -0.05) is 115 Å². The van der Waals surface area contributed by atoms with Gasteiger partial charge in [-0.15, -0.1) is 0 Å². The van der Waals surface area contributed by atoms with Gasteiger partial charge in [0.25, 0.3) is 0 Å². The molecule has 146 valence electrons. The summed E-state index contributed by atoms with van der Waals surface area (Å²) in [5.41, 5.74) is 4.56. The topological polar surface area (TPSA) is 13.1 Å². The lowest BCUT2D eigenvalue weighted by Gasteiger charge is -2.10. The minimum Gasteiger partial charge on any atom is -0.455 e. The quantitative estimate of drug-likeness (QED) is 0.292. The molecule has 1 heterocycles. The molecule has 6 rings (SSSR count). The van der Waals surface area contributed by atoms with Crippen molar-refractivity contribution in [1.82, 2.24) is 0 Å². The highest BCUT2D eigenvalue weighted by Crippen LogP contribution is 2.42. The molecule has 0 spiro atoms. The van der Waals surface area contributed by atoms with Crippen molar-refractivity contribution < 1.29 is 4.42 Å². The van der Waals surface area contributed by atoms with Crippen molar-refractivity contribution in [2.75, 3.05) is 0 Å². The Kier molecular flexibility index (Phi) is 4.18.